The van der Waals surface area contributed by atoms with Crippen molar-refractivity contribution < 1.29 is 9.53 Å². The molecular formula is C15H24N2O2. The van der Waals surface area contributed by atoms with Crippen LogP contribution in [0, 0.1) is 0 Å². The number of para-hydroxylation sites is 1. The number of benzene rings is 1. The number of rotatable bonds is 8. The van der Waals surface area contributed by atoms with Gasteiger partial charge >= 0.3 is 0 Å². The molecule has 0 bridgehead atoms. The number of hydrogen-bond donors (Lipinski definition) is 2. The normalized spacial score (nSPS) is 11.9. The maximum Gasteiger partial charge on any atom is 0.233 e. The molecule has 1 atom stereocenters. The molecule has 0 aliphatic heterocycles. The summed E-state index contributed by atoms with van der Waals surface area (Å²) in [6.45, 7) is 5.19. The van der Waals surface area contributed by atoms with Crippen molar-refractivity contribution in [3.63, 3.8) is 0 Å². The molecule has 0 spiro atoms. The number of hydrogen-bond acceptors (Lipinski definition) is 3. The van der Waals surface area contributed by atoms with Gasteiger partial charge in [-0.2, -0.15) is 0 Å². The van der Waals surface area contributed by atoms with E-state index in [1.54, 1.807) is 7.11 Å². The van der Waals surface area contributed by atoms with Gasteiger partial charge in [-0.3, -0.25) is 4.79 Å². The summed E-state index contributed by atoms with van der Waals surface area (Å²) in [7, 11) is 1.67. The first-order valence-corrected chi connectivity index (χ1v) is 6.85. The van der Waals surface area contributed by atoms with Crippen LogP contribution in [0.1, 0.15) is 38.3 Å². The Morgan fingerprint density at radius 1 is 1.32 bits per heavy atom. The second kappa shape index (κ2) is 8.53. The molecule has 0 saturated heterocycles. The highest BCUT2D eigenvalue weighted by Crippen LogP contribution is 2.26. The molecule has 19 heavy (non-hydrogen) atoms. The Hall–Kier alpha value is -1.55. The Bertz CT molecular complexity index is 393. The smallest absolute Gasteiger partial charge is 0.233 e. The molecule has 1 aromatic carbocycles. The van der Waals surface area contributed by atoms with Gasteiger partial charge in [0.25, 0.3) is 0 Å². The van der Waals surface area contributed by atoms with Gasteiger partial charge in [0.1, 0.15) is 5.75 Å². The third-order valence-electron chi connectivity index (χ3n) is 3.00. The van der Waals surface area contributed by atoms with Crippen LogP contribution in [-0.4, -0.2) is 26.1 Å². The van der Waals surface area contributed by atoms with Crippen molar-refractivity contribution in [1.29, 1.82) is 0 Å². The van der Waals surface area contributed by atoms with Crippen LogP contribution in [0.2, 0.25) is 0 Å². The third-order valence-corrected chi connectivity index (χ3v) is 3.00. The zero-order valence-corrected chi connectivity index (χ0v) is 12.0. The van der Waals surface area contributed by atoms with Crippen molar-refractivity contribution in [3.8, 4) is 5.75 Å². The van der Waals surface area contributed by atoms with Crippen molar-refractivity contribution >= 4 is 5.91 Å². The summed E-state index contributed by atoms with van der Waals surface area (Å²) < 4.78 is 5.36. The van der Waals surface area contributed by atoms with Gasteiger partial charge in [-0.25, -0.2) is 0 Å². The van der Waals surface area contributed by atoms with E-state index in [9.17, 15) is 4.79 Å². The van der Waals surface area contributed by atoms with E-state index in [2.05, 4.69) is 17.6 Å². The van der Waals surface area contributed by atoms with Crippen LogP contribution in [0.3, 0.4) is 0 Å². The average molecular weight is 264 g/mol. The molecule has 2 N–H and O–H groups in total. The molecule has 0 fully saturated rings. The van der Waals surface area contributed by atoms with Crippen molar-refractivity contribution in [1.82, 2.24) is 10.6 Å². The molecule has 1 unspecified atom stereocenters. The summed E-state index contributed by atoms with van der Waals surface area (Å²) >= 11 is 0. The van der Waals surface area contributed by atoms with Crippen molar-refractivity contribution in [2.45, 2.75) is 32.7 Å². The van der Waals surface area contributed by atoms with Crippen LogP contribution < -0.4 is 15.4 Å². The van der Waals surface area contributed by atoms with Gasteiger partial charge < -0.3 is 15.4 Å². The Balaban J connectivity index is 2.60. The van der Waals surface area contributed by atoms with Gasteiger partial charge in [0, 0.05) is 18.2 Å². The largest absolute Gasteiger partial charge is 0.496 e. The molecular weight excluding hydrogens is 240 g/mol. The summed E-state index contributed by atoms with van der Waals surface area (Å²) in [6.07, 6.45) is 1.86. The van der Waals surface area contributed by atoms with E-state index >= 15 is 0 Å². The molecule has 106 valence electrons. The average Bonchev–Trinajstić information content (AvgIpc) is 2.46. The van der Waals surface area contributed by atoms with Crippen LogP contribution in [0.5, 0.6) is 5.75 Å². The first-order valence-electron chi connectivity index (χ1n) is 6.85. The molecule has 4 nitrogen and oxygen atoms in total. The van der Waals surface area contributed by atoms with Crippen molar-refractivity contribution in [2.24, 2.45) is 0 Å². The quantitative estimate of drug-likeness (QED) is 0.757. The van der Waals surface area contributed by atoms with E-state index in [-0.39, 0.29) is 11.9 Å². The lowest BCUT2D eigenvalue weighted by atomic mass is 10.0. The van der Waals surface area contributed by atoms with Crippen LogP contribution in [0.4, 0.5) is 0 Å². The predicted octanol–water partition coefficient (Wildman–Crippen LogP) is 2.26. The Kier molecular flexibility index (Phi) is 6.97. The number of nitrogens with one attached hydrogen (secondary N) is 2. The number of carbonyl (C=O) groups excluding carboxylic acids is 1. The van der Waals surface area contributed by atoms with E-state index in [1.165, 1.54) is 0 Å². The lowest BCUT2D eigenvalue weighted by molar-refractivity contribution is -0.120. The van der Waals surface area contributed by atoms with E-state index in [4.69, 9.17) is 4.74 Å². The van der Waals surface area contributed by atoms with Crippen LogP contribution in [0.15, 0.2) is 24.3 Å². The Labute approximate surface area is 115 Å². The highest BCUT2D eigenvalue weighted by Gasteiger charge is 2.14. The summed E-state index contributed by atoms with van der Waals surface area (Å²) in [4.78, 5) is 11.6. The molecule has 0 aliphatic carbocycles. The van der Waals surface area contributed by atoms with E-state index in [1.807, 2.05) is 31.2 Å². The van der Waals surface area contributed by atoms with E-state index in [0.717, 1.165) is 30.7 Å². The van der Waals surface area contributed by atoms with Gasteiger partial charge in [-0.15, -0.1) is 0 Å². The highest BCUT2D eigenvalue weighted by atomic mass is 16.5. The fraction of sp³-hybridized carbons (Fsp3) is 0.533. The number of ether oxygens (including phenoxy) is 1. The number of methoxy groups -OCH3 is 1. The van der Waals surface area contributed by atoms with E-state index < -0.39 is 0 Å². The van der Waals surface area contributed by atoms with Gasteiger partial charge in [0.05, 0.1) is 13.7 Å². The fourth-order valence-electron chi connectivity index (χ4n) is 1.97. The molecule has 4 heteroatoms. The maximum atomic E-state index is 11.6. The lowest BCUT2D eigenvalue weighted by Gasteiger charge is -2.19. The first kappa shape index (κ1) is 15.5. The van der Waals surface area contributed by atoms with Gasteiger partial charge in [-0.05, 0) is 18.9 Å². The lowest BCUT2D eigenvalue weighted by Crippen LogP contribution is -2.36. The monoisotopic (exact) mass is 264 g/mol. The van der Waals surface area contributed by atoms with Crippen LogP contribution in [0.25, 0.3) is 0 Å². The minimum absolute atomic E-state index is 0.0372. The zero-order chi connectivity index (χ0) is 14.1. The topological polar surface area (TPSA) is 50.4 Å². The van der Waals surface area contributed by atoms with E-state index in [0.29, 0.717) is 6.54 Å². The molecule has 1 aromatic rings. The first-order chi connectivity index (χ1) is 9.22. The molecule has 0 aliphatic rings. The Morgan fingerprint density at radius 2 is 2.05 bits per heavy atom. The zero-order valence-electron chi connectivity index (χ0n) is 12.0. The van der Waals surface area contributed by atoms with Crippen molar-refractivity contribution in [2.75, 3.05) is 20.2 Å². The second-order valence-electron chi connectivity index (χ2n) is 4.43. The maximum absolute atomic E-state index is 11.6. The summed E-state index contributed by atoms with van der Waals surface area (Å²) in [6, 6.07) is 8.03. The summed E-state index contributed by atoms with van der Waals surface area (Å²) in [5.74, 6) is 0.894. The third kappa shape index (κ3) is 4.91. The molecule has 1 rings (SSSR count). The molecule has 0 radical (unpaired) electrons. The molecule has 1 amide bonds. The predicted molar refractivity (Wildman–Crippen MR) is 77.3 cm³/mol. The van der Waals surface area contributed by atoms with Gasteiger partial charge in [-0.1, -0.05) is 32.0 Å². The van der Waals surface area contributed by atoms with Gasteiger partial charge in [0.2, 0.25) is 5.91 Å². The fourth-order valence-corrected chi connectivity index (χ4v) is 1.97. The van der Waals surface area contributed by atoms with Crippen LogP contribution >= 0.6 is 0 Å². The SMILES string of the molecule is CCCNC(=O)CNC(CC)c1ccccc1OC. The second-order valence-corrected chi connectivity index (χ2v) is 4.43. The molecule has 0 heterocycles. The summed E-state index contributed by atoms with van der Waals surface area (Å²) in [5, 5.41) is 6.14. The molecule has 0 saturated carbocycles. The minimum atomic E-state index is 0.0372. The van der Waals surface area contributed by atoms with Crippen LogP contribution in [-0.2, 0) is 4.79 Å². The number of carbonyl (C=O) groups is 1. The molecule has 0 aromatic heterocycles. The summed E-state index contributed by atoms with van der Waals surface area (Å²) in [5.41, 5.74) is 1.09. The van der Waals surface area contributed by atoms with Gasteiger partial charge in [0.15, 0.2) is 0 Å². The Morgan fingerprint density at radius 3 is 2.68 bits per heavy atom. The highest BCUT2D eigenvalue weighted by molar-refractivity contribution is 5.78. The minimum Gasteiger partial charge on any atom is -0.496 e. The van der Waals surface area contributed by atoms with Crippen molar-refractivity contribution in [3.05, 3.63) is 29.8 Å². The standard InChI is InChI=1S/C15H24N2O2/c1-4-10-16-15(18)11-17-13(5-2)12-8-6-7-9-14(12)19-3/h6-9,13,17H,4-5,10-11H2,1-3H3,(H,16,18). The number of amides is 1.